The third-order valence-corrected chi connectivity index (χ3v) is 11.0. The molecule has 2 amide bonds. The van der Waals surface area contributed by atoms with Crippen molar-refractivity contribution in [1.82, 2.24) is 10.2 Å². The second-order valence-electron chi connectivity index (χ2n) is 10.2. The van der Waals surface area contributed by atoms with Crippen LogP contribution in [0.4, 0.5) is 4.79 Å². The maximum absolute atomic E-state index is 12.7. The third kappa shape index (κ3) is 4.12. The van der Waals surface area contributed by atoms with Gasteiger partial charge in [0, 0.05) is 13.1 Å². The van der Waals surface area contributed by atoms with E-state index in [-0.39, 0.29) is 35.4 Å². The molecule has 3 fully saturated rings. The summed E-state index contributed by atoms with van der Waals surface area (Å²) in [6.07, 6.45) is 0.579. The first-order chi connectivity index (χ1) is 12.9. The molecule has 8 heteroatoms. The van der Waals surface area contributed by atoms with E-state index in [9.17, 15) is 4.79 Å². The van der Waals surface area contributed by atoms with Crippen molar-refractivity contribution in [1.29, 1.82) is 0 Å². The highest BCUT2D eigenvalue weighted by atomic mass is 28.4. The van der Waals surface area contributed by atoms with Crippen molar-refractivity contribution in [2.24, 2.45) is 0 Å². The second-order valence-corrected chi connectivity index (χ2v) is 14.9. The van der Waals surface area contributed by atoms with E-state index >= 15 is 0 Å². The number of nitrogens with one attached hydrogen (secondary N) is 1. The zero-order chi connectivity index (χ0) is 20.9. The predicted octanol–water partition coefficient (Wildman–Crippen LogP) is 3.45. The SMILES string of the molecule is CC[C@H]1OC(O[Si](C)(C)C(C)(C)C)[C@H](N2CCCNC2=O)C2OC(C)(C)O[C@H]21. The molecule has 0 aromatic heterocycles. The predicted molar refractivity (Wildman–Crippen MR) is 110 cm³/mol. The molecule has 0 aromatic rings. The molecule has 0 saturated carbocycles. The van der Waals surface area contributed by atoms with E-state index in [0.717, 1.165) is 12.8 Å². The van der Waals surface area contributed by atoms with Gasteiger partial charge in [-0.25, -0.2) is 4.79 Å². The standard InChI is InChI=1S/C20H38N2O5Si/c1-9-13-15-16(26-20(5,6)25-15)14(22-12-10-11-21-18(22)23)17(24-13)27-28(7,8)19(2,3)4/h13-17H,9-12H2,1-8H3,(H,21,23)/t13-,14-,15+,16?,17?/m1/s1. The Kier molecular flexibility index (Phi) is 5.93. The largest absolute Gasteiger partial charge is 0.391 e. The number of urea groups is 1. The summed E-state index contributed by atoms with van der Waals surface area (Å²) in [7, 11) is -2.12. The summed E-state index contributed by atoms with van der Waals surface area (Å²) in [6, 6.07) is -0.408. The zero-order valence-electron chi connectivity index (χ0n) is 18.7. The molecular weight excluding hydrogens is 376 g/mol. The molecular formula is C20H38N2O5Si. The van der Waals surface area contributed by atoms with E-state index in [1.54, 1.807) is 0 Å². The number of hydrogen-bond acceptors (Lipinski definition) is 5. The fraction of sp³-hybridized carbons (Fsp3) is 0.950. The van der Waals surface area contributed by atoms with Crippen LogP contribution in [-0.2, 0) is 18.6 Å². The van der Waals surface area contributed by atoms with E-state index in [0.29, 0.717) is 13.1 Å². The number of nitrogens with zero attached hydrogens (tertiary/aromatic N) is 1. The Labute approximate surface area is 170 Å². The van der Waals surface area contributed by atoms with Crippen molar-refractivity contribution in [2.75, 3.05) is 13.1 Å². The lowest BCUT2D eigenvalue weighted by molar-refractivity contribution is -0.232. The summed E-state index contributed by atoms with van der Waals surface area (Å²) in [5.41, 5.74) is 0. The lowest BCUT2D eigenvalue weighted by Crippen LogP contribution is -2.68. The molecule has 0 aromatic carbocycles. The Bertz CT molecular complexity index is 592. The smallest absolute Gasteiger partial charge is 0.317 e. The van der Waals surface area contributed by atoms with Gasteiger partial charge in [-0.1, -0.05) is 27.7 Å². The van der Waals surface area contributed by atoms with Crippen molar-refractivity contribution in [3.63, 3.8) is 0 Å². The summed E-state index contributed by atoms with van der Waals surface area (Å²) in [5, 5.41) is 3.00. The van der Waals surface area contributed by atoms with E-state index in [2.05, 4.69) is 46.1 Å². The maximum Gasteiger partial charge on any atom is 0.317 e. The molecule has 0 spiro atoms. The van der Waals surface area contributed by atoms with Crippen molar-refractivity contribution in [3.8, 4) is 0 Å². The van der Waals surface area contributed by atoms with Gasteiger partial charge in [-0.15, -0.1) is 0 Å². The van der Waals surface area contributed by atoms with Crippen molar-refractivity contribution in [2.45, 2.75) is 109 Å². The summed E-state index contributed by atoms with van der Waals surface area (Å²) < 4.78 is 25.7. The van der Waals surface area contributed by atoms with E-state index < -0.39 is 20.4 Å². The third-order valence-electron chi connectivity index (χ3n) is 6.55. The molecule has 7 nitrogen and oxygen atoms in total. The van der Waals surface area contributed by atoms with Gasteiger partial charge in [-0.05, 0) is 44.8 Å². The Morgan fingerprint density at radius 2 is 1.89 bits per heavy atom. The van der Waals surface area contributed by atoms with Crippen molar-refractivity contribution in [3.05, 3.63) is 0 Å². The fourth-order valence-corrected chi connectivity index (χ4v) is 5.13. The first-order valence-corrected chi connectivity index (χ1v) is 13.5. The Hall–Kier alpha value is -0.673. The first kappa shape index (κ1) is 22.0. The molecule has 0 bridgehead atoms. The highest BCUT2D eigenvalue weighted by molar-refractivity contribution is 6.74. The van der Waals surface area contributed by atoms with Gasteiger partial charge >= 0.3 is 6.03 Å². The minimum atomic E-state index is -2.12. The normalized spacial score (nSPS) is 36.2. The van der Waals surface area contributed by atoms with Crippen molar-refractivity contribution >= 4 is 14.3 Å². The van der Waals surface area contributed by atoms with Crippen LogP contribution in [0.5, 0.6) is 0 Å². The molecule has 0 radical (unpaired) electrons. The van der Waals surface area contributed by atoms with Gasteiger partial charge in [-0.3, -0.25) is 0 Å². The molecule has 28 heavy (non-hydrogen) atoms. The minimum absolute atomic E-state index is 0.0376. The van der Waals surface area contributed by atoms with Crippen LogP contribution in [0.25, 0.3) is 0 Å². The number of ether oxygens (including phenoxy) is 3. The van der Waals surface area contributed by atoms with E-state index in [1.807, 2.05) is 18.7 Å². The second kappa shape index (κ2) is 7.54. The van der Waals surface area contributed by atoms with Gasteiger partial charge in [0.25, 0.3) is 0 Å². The maximum atomic E-state index is 12.7. The van der Waals surface area contributed by atoms with E-state index in [1.165, 1.54) is 0 Å². The van der Waals surface area contributed by atoms with Crippen LogP contribution in [0.2, 0.25) is 18.1 Å². The molecule has 3 saturated heterocycles. The number of rotatable bonds is 4. The molecule has 5 atom stereocenters. The van der Waals surface area contributed by atoms with Crippen LogP contribution in [0.3, 0.4) is 0 Å². The van der Waals surface area contributed by atoms with Crippen molar-refractivity contribution < 1.29 is 23.4 Å². The van der Waals surface area contributed by atoms with Gasteiger partial charge < -0.3 is 28.9 Å². The van der Waals surface area contributed by atoms with Crippen LogP contribution in [0.1, 0.15) is 54.4 Å². The molecule has 3 heterocycles. The molecule has 3 rings (SSSR count). The lowest BCUT2D eigenvalue weighted by atomic mass is 9.94. The number of hydrogen-bond donors (Lipinski definition) is 1. The van der Waals surface area contributed by atoms with Gasteiger partial charge in [0.05, 0.1) is 6.10 Å². The van der Waals surface area contributed by atoms with Crippen LogP contribution in [0, 0.1) is 0 Å². The number of carbonyl (C=O) groups excluding carboxylic acids is 1. The summed E-state index contributed by atoms with van der Waals surface area (Å²) in [4.78, 5) is 14.6. The molecule has 0 aliphatic carbocycles. The zero-order valence-corrected chi connectivity index (χ0v) is 19.7. The van der Waals surface area contributed by atoms with Gasteiger partial charge in [0.2, 0.25) is 0 Å². The quantitative estimate of drug-likeness (QED) is 0.714. The average Bonchev–Trinajstić information content (AvgIpc) is 2.88. The van der Waals surface area contributed by atoms with Crippen LogP contribution < -0.4 is 5.32 Å². The molecule has 2 unspecified atom stereocenters. The first-order valence-electron chi connectivity index (χ1n) is 10.6. The molecule has 1 N–H and O–H groups in total. The number of carbonyl (C=O) groups is 1. The number of fused-ring (bicyclic) bond motifs is 1. The average molecular weight is 415 g/mol. The fourth-order valence-electron chi connectivity index (χ4n) is 4.00. The van der Waals surface area contributed by atoms with E-state index in [4.69, 9.17) is 18.6 Å². The highest BCUT2D eigenvalue weighted by Gasteiger charge is 2.58. The van der Waals surface area contributed by atoms with Gasteiger partial charge in [0.15, 0.2) is 20.4 Å². The van der Waals surface area contributed by atoms with Crippen LogP contribution in [0.15, 0.2) is 0 Å². The Morgan fingerprint density at radius 1 is 1.25 bits per heavy atom. The van der Waals surface area contributed by atoms with Gasteiger partial charge in [-0.2, -0.15) is 0 Å². The Morgan fingerprint density at radius 3 is 2.46 bits per heavy atom. The summed E-state index contributed by atoms with van der Waals surface area (Å²) in [6.45, 7) is 18.4. The minimum Gasteiger partial charge on any atom is -0.391 e. The summed E-state index contributed by atoms with van der Waals surface area (Å²) >= 11 is 0. The van der Waals surface area contributed by atoms with Crippen LogP contribution >= 0.6 is 0 Å². The lowest BCUT2D eigenvalue weighted by Gasteiger charge is -2.50. The number of amides is 2. The molecule has 3 aliphatic rings. The molecule has 3 aliphatic heterocycles. The summed E-state index contributed by atoms with van der Waals surface area (Å²) in [5.74, 6) is -0.706. The Balaban J connectivity index is 1.96. The monoisotopic (exact) mass is 414 g/mol. The highest BCUT2D eigenvalue weighted by Crippen LogP contribution is 2.44. The van der Waals surface area contributed by atoms with Gasteiger partial charge in [0.1, 0.15) is 18.2 Å². The van der Waals surface area contributed by atoms with Crippen LogP contribution in [-0.4, -0.2) is 68.8 Å². The molecule has 162 valence electrons. The topological polar surface area (TPSA) is 69.3 Å².